The molecule has 0 radical (unpaired) electrons. The van der Waals surface area contributed by atoms with Gasteiger partial charge in [0.2, 0.25) is 0 Å². The fraction of sp³-hybridized carbons (Fsp3) is 0.833. The molecular formula is C12H22. The molecule has 0 spiro atoms. The summed E-state index contributed by atoms with van der Waals surface area (Å²) in [4.78, 5) is 0. The SMILES string of the molecule is CC1CCC=CCCCCCC1. The van der Waals surface area contributed by atoms with E-state index in [0.717, 1.165) is 5.92 Å². The highest BCUT2D eigenvalue weighted by Gasteiger charge is 2.01. The minimum Gasteiger partial charge on any atom is -0.0885 e. The molecule has 0 bridgehead atoms. The molecule has 1 rings (SSSR count). The Morgan fingerprint density at radius 3 is 2.50 bits per heavy atom. The molecule has 0 nitrogen and oxygen atoms in total. The summed E-state index contributed by atoms with van der Waals surface area (Å²) >= 11 is 0. The zero-order valence-corrected chi connectivity index (χ0v) is 8.39. The largest absolute Gasteiger partial charge is 0.0885 e. The number of rotatable bonds is 0. The Kier molecular flexibility index (Phi) is 5.14. The van der Waals surface area contributed by atoms with Crippen LogP contribution in [0.4, 0.5) is 0 Å². The summed E-state index contributed by atoms with van der Waals surface area (Å²) in [5.74, 6) is 0.952. The summed E-state index contributed by atoms with van der Waals surface area (Å²) in [6.07, 6.45) is 16.0. The van der Waals surface area contributed by atoms with E-state index in [0.29, 0.717) is 0 Å². The smallest absolute Gasteiger partial charge is 0.0348 e. The van der Waals surface area contributed by atoms with Crippen LogP contribution in [0.3, 0.4) is 0 Å². The summed E-state index contributed by atoms with van der Waals surface area (Å²) in [7, 11) is 0. The van der Waals surface area contributed by atoms with Crippen molar-refractivity contribution in [2.24, 2.45) is 5.92 Å². The molecule has 12 heavy (non-hydrogen) atoms. The van der Waals surface area contributed by atoms with Crippen LogP contribution in [-0.4, -0.2) is 0 Å². The van der Waals surface area contributed by atoms with E-state index in [4.69, 9.17) is 0 Å². The van der Waals surface area contributed by atoms with Crippen molar-refractivity contribution >= 4 is 0 Å². The van der Waals surface area contributed by atoms with Crippen LogP contribution >= 0.6 is 0 Å². The first-order valence-electron chi connectivity index (χ1n) is 5.54. The van der Waals surface area contributed by atoms with Gasteiger partial charge in [-0.25, -0.2) is 0 Å². The predicted octanol–water partition coefficient (Wildman–Crippen LogP) is 4.31. The highest BCUT2D eigenvalue weighted by atomic mass is 14.1. The van der Waals surface area contributed by atoms with Gasteiger partial charge < -0.3 is 0 Å². The molecular weight excluding hydrogens is 144 g/mol. The summed E-state index contributed by atoms with van der Waals surface area (Å²) in [6.45, 7) is 2.39. The van der Waals surface area contributed by atoms with E-state index < -0.39 is 0 Å². The van der Waals surface area contributed by atoms with Gasteiger partial charge in [-0.3, -0.25) is 0 Å². The molecule has 0 aromatic carbocycles. The Bertz CT molecular complexity index is 124. The van der Waals surface area contributed by atoms with Gasteiger partial charge in [-0.1, -0.05) is 44.8 Å². The summed E-state index contributed by atoms with van der Waals surface area (Å²) in [6, 6.07) is 0. The Morgan fingerprint density at radius 1 is 0.833 bits per heavy atom. The average Bonchev–Trinajstić information content (AvgIpc) is 2.11. The average molecular weight is 166 g/mol. The van der Waals surface area contributed by atoms with Crippen LogP contribution in [-0.2, 0) is 0 Å². The molecule has 1 aliphatic rings. The van der Waals surface area contributed by atoms with Gasteiger partial charge in [-0.15, -0.1) is 0 Å². The van der Waals surface area contributed by atoms with Crippen LogP contribution in [0.15, 0.2) is 12.2 Å². The summed E-state index contributed by atoms with van der Waals surface area (Å²) in [5, 5.41) is 0. The predicted molar refractivity (Wildman–Crippen MR) is 55.2 cm³/mol. The topological polar surface area (TPSA) is 0 Å². The van der Waals surface area contributed by atoms with E-state index in [-0.39, 0.29) is 0 Å². The highest BCUT2D eigenvalue weighted by Crippen LogP contribution is 2.17. The van der Waals surface area contributed by atoms with Crippen molar-refractivity contribution in [3.8, 4) is 0 Å². The molecule has 0 fully saturated rings. The van der Waals surface area contributed by atoms with Crippen molar-refractivity contribution in [1.29, 1.82) is 0 Å². The van der Waals surface area contributed by atoms with E-state index in [2.05, 4.69) is 19.1 Å². The molecule has 0 saturated carbocycles. The lowest BCUT2D eigenvalue weighted by Crippen LogP contribution is -1.93. The first-order chi connectivity index (χ1) is 5.89. The minimum absolute atomic E-state index is 0.952. The molecule has 70 valence electrons. The molecule has 0 aliphatic heterocycles. The quantitative estimate of drug-likeness (QED) is 0.470. The normalized spacial score (nSPS) is 27.9. The monoisotopic (exact) mass is 166 g/mol. The van der Waals surface area contributed by atoms with Gasteiger partial charge in [-0.2, -0.15) is 0 Å². The maximum absolute atomic E-state index is 2.39. The van der Waals surface area contributed by atoms with E-state index in [1.54, 1.807) is 0 Å². The lowest BCUT2D eigenvalue weighted by atomic mass is 9.98. The molecule has 0 heterocycles. The Balaban J connectivity index is 2.22. The Hall–Kier alpha value is -0.260. The van der Waals surface area contributed by atoms with Gasteiger partial charge in [0.25, 0.3) is 0 Å². The van der Waals surface area contributed by atoms with Crippen LogP contribution in [0.25, 0.3) is 0 Å². The standard InChI is InChI=1S/C12H22/c1-12-10-8-6-4-2-3-5-7-9-11-12/h4,6,12H,2-3,5,7-11H2,1H3. The van der Waals surface area contributed by atoms with E-state index >= 15 is 0 Å². The van der Waals surface area contributed by atoms with Gasteiger partial charge in [0.05, 0.1) is 0 Å². The van der Waals surface area contributed by atoms with Gasteiger partial charge in [0.1, 0.15) is 0 Å². The van der Waals surface area contributed by atoms with E-state index in [1.807, 2.05) is 0 Å². The van der Waals surface area contributed by atoms with Crippen LogP contribution in [0.1, 0.15) is 58.3 Å². The molecule has 1 atom stereocenters. The Labute approximate surface area is 77.1 Å². The Morgan fingerprint density at radius 2 is 1.58 bits per heavy atom. The third kappa shape index (κ3) is 4.58. The van der Waals surface area contributed by atoms with Crippen LogP contribution in [0.5, 0.6) is 0 Å². The van der Waals surface area contributed by atoms with Gasteiger partial charge >= 0.3 is 0 Å². The lowest BCUT2D eigenvalue weighted by Gasteiger charge is -2.08. The number of hydrogen-bond donors (Lipinski definition) is 0. The van der Waals surface area contributed by atoms with Crippen molar-refractivity contribution in [2.45, 2.75) is 58.3 Å². The lowest BCUT2D eigenvalue weighted by molar-refractivity contribution is 0.464. The number of allylic oxidation sites excluding steroid dienone is 2. The fourth-order valence-corrected chi connectivity index (χ4v) is 1.87. The first kappa shape index (κ1) is 9.83. The second-order valence-electron chi connectivity index (χ2n) is 4.15. The van der Waals surface area contributed by atoms with Crippen molar-refractivity contribution in [3.05, 3.63) is 12.2 Å². The third-order valence-electron chi connectivity index (χ3n) is 2.81. The van der Waals surface area contributed by atoms with Gasteiger partial charge in [0.15, 0.2) is 0 Å². The molecule has 0 amide bonds. The van der Waals surface area contributed by atoms with Crippen LogP contribution in [0.2, 0.25) is 0 Å². The minimum atomic E-state index is 0.952. The summed E-state index contributed by atoms with van der Waals surface area (Å²) in [5.41, 5.74) is 0. The molecule has 0 heteroatoms. The fourth-order valence-electron chi connectivity index (χ4n) is 1.87. The summed E-state index contributed by atoms with van der Waals surface area (Å²) < 4.78 is 0. The maximum atomic E-state index is 2.39. The van der Waals surface area contributed by atoms with Crippen molar-refractivity contribution in [3.63, 3.8) is 0 Å². The third-order valence-corrected chi connectivity index (χ3v) is 2.81. The molecule has 0 N–H and O–H groups in total. The molecule has 0 saturated heterocycles. The first-order valence-corrected chi connectivity index (χ1v) is 5.54. The second kappa shape index (κ2) is 6.28. The van der Waals surface area contributed by atoms with Crippen molar-refractivity contribution < 1.29 is 0 Å². The van der Waals surface area contributed by atoms with E-state index in [1.165, 1.54) is 51.4 Å². The number of hydrogen-bond acceptors (Lipinski definition) is 0. The van der Waals surface area contributed by atoms with E-state index in [9.17, 15) is 0 Å². The van der Waals surface area contributed by atoms with Gasteiger partial charge in [0, 0.05) is 0 Å². The van der Waals surface area contributed by atoms with Crippen molar-refractivity contribution in [1.82, 2.24) is 0 Å². The molecule has 0 aromatic rings. The van der Waals surface area contributed by atoms with Crippen LogP contribution < -0.4 is 0 Å². The maximum Gasteiger partial charge on any atom is -0.0348 e. The zero-order valence-electron chi connectivity index (χ0n) is 8.39. The molecule has 1 unspecified atom stereocenters. The molecule has 1 aliphatic carbocycles. The van der Waals surface area contributed by atoms with Crippen molar-refractivity contribution in [2.75, 3.05) is 0 Å². The van der Waals surface area contributed by atoms with Crippen LogP contribution in [0, 0.1) is 5.92 Å². The second-order valence-corrected chi connectivity index (χ2v) is 4.15. The molecule has 0 aromatic heterocycles. The van der Waals surface area contributed by atoms with Gasteiger partial charge in [-0.05, 0) is 31.6 Å². The zero-order chi connectivity index (χ0) is 8.65. The highest BCUT2D eigenvalue weighted by molar-refractivity contribution is 4.82.